The molecule has 0 aliphatic carbocycles. The van der Waals surface area contributed by atoms with Crippen LogP contribution in [0.1, 0.15) is 0 Å². The molecule has 0 saturated carbocycles. The number of rotatable bonds is 1. The summed E-state index contributed by atoms with van der Waals surface area (Å²) in [7, 11) is 0. The topological polar surface area (TPSA) is 90.2 Å². The van der Waals surface area contributed by atoms with Gasteiger partial charge in [-0.3, -0.25) is 0 Å². The predicted molar refractivity (Wildman–Crippen MR) is 42.8 cm³/mol. The van der Waals surface area contributed by atoms with Crippen LogP contribution in [0.5, 0.6) is 0 Å². The lowest BCUT2D eigenvalue weighted by Crippen LogP contribution is -2.57. The molecule has 1 rings (SSSR count). The first-order valence-corrected chi connectivity index (χ1v) is 4.19. The lowest BCUT2D eigenvalue weighted by molar-refractivity contribution is -0.276. The number of hydrogen-bond acceptors (Lipinski definition) is 6. The highest BCUT2D eigenvalue weighted by molar-refractivity contribution is 7.80. The van der Waals surface area contributed by atoms with Gasteiger partial charge in [0.15, 0.2) is 6.29 Å². The Labute approximate surface area is 75.0 Å². The number of thiol groups is 1. The minimum absolute atomic E-state index is 0.169. The van der Waals surface area contributed by atoms with Crippen molar-refractivity contribution >= 4 is 12.6 Å². The number of ether oxygens (including phenoxy) is 1. The highest BCUT2D eigenvalue weighted by Crippen LogP contribution is 2.20. The average molecular weight is 196 g/mol. The second-order valence-corrected chi connectivity index (χ2v) is 3.08. The van der Waals surface area contributed by atoms with Crippen LogP contribution in [0.15, 0.2) is 0 Å². The molecule has 0 radical (unpaired) electrons. The first kappa shape index (κ1) is 10.2. The van der Waals surface area contributed by atoms with Gasteiger partial charge in [-0.05, 0) is 0 Å². The summed E-state index contributed by atoms with van der Waals surface area (Å²) >= 11 is 3.84. The van der Waals surface area contributed by atoms with Crippen LogP contribution in [-0.2, 0) is 4.74 Å². The molecule has 1 saturated heterocycles. The van der Waals surface area contributed by atoms with Gasteiger partial charge in [0.05, 0.1) is 6.10 Å². The zero-order valence-electron chi connectivity index (χ0n) is 6.24. The van der Waals surface area contributed by atoms with E-state index in [0.29, 0.717) is 0 Å². The van der Waals surface area contributed by atoms with Crippen LogP contribution >= 0.6 is 12.6 Å². The molecule has 0 aromatic carbocycles. The molecule has 0 bridgehead atoms. The van der Waals surface area contributed by atoms with E-state index in [4.69, 9.17) is 20.1 Å². The first-order chi connectivity index (χ1) is 5.57. The van der Waals surface area contributed by atoms with Gasteiger partial charge < -0.3 is 25.2 Å². The Hall–Kier alpha value is 0.150. The summed E-state index contributed by atoms with van der Waals surface area (Å²) in [5.74, 6) is 0.169. The van der Waals surface area contributed by atoms with Crippen molar-refractivity contribution in [2.24, 2.45) is 0 Å². The molecule has 5 nitrogen and oxygen atoms in total. The zero-order valence-corrected chi connectivity index (χ0v) is 7.13. The van der Waals surface area contributed by atoms with Crippen molar-refractivity contribution in [1.29, 1.82) is 0 Å². The molecule has 1 aliphatic heterocycles. The smallest absolute Gasteiger partial charge is 0.183 e. The van der Waals surface area contributed by atoms with Crippen LogP contribution < -0.4 is 0 Å². The minimum Gasteiger partial charge on any atom is -0.388 e. The summed E-state index contributed by atoms with van der Waals surface area (Å²) < 4.78 is 4.75. The Balaban J connectivity index is 2.63. The molecule has 0 aromatic heterocycles. The normalized spacial score (nSPS) is 49.2. The maximum Gasteiger partial charge on any atom is 0.183 e. The molecule has 1 aliphatic rings. The second kappa shape index (κ2) is 3.91. The molecule has 12 heavy (non-hydrogen) atoms. The summed E-state index contributed by atoms with van der Waals surface area (Å²) in [6.45, 7) is 0. The third-order valence-corrected chi connectivity index (χ3v) is 2.23. The largest absolute Gasteiger partial charge is 0.388 e. The van der Waals surface area contributed by atoms with Crippen molar-refractivity contribution in [3.63, 3.8) is 0 Å². The van der Waals surface area contributed by atoms with Gasteiger partial charge >= 0.3 is 0 Å². The van der Waals surface area contributed by atoms with E-state index in [1.165, 1.54) is 0 Å². The number of aliphatic hydroxyl groups is 4. The van der Waals surface area contributed by atoms with E-state index >= 15 is 0 Å². The summed E-state index contributed by atoms with van der Waals surface area (Å²) in [4.78, 5) is 0. The van der Waals surface area contributed by atoms with E-state index in [0.717, 1.165) is 0 Å². The fraction of sp³-hybridized carbons (Fsp3) is 1.00. The van der Waals surface area contributed by atoms with Crippen molar-refractivity contribution in [3.05, 3.63) is 0 Å². The third kappa shape index (κ3) is 1.73. The SMILES string of the molecule is OC1[C@@H](O)[C@H](O)C(CS)O[C@@H]1O. The Morgan fingerprint density at radius 3 is 2.08 bits per heavy atom. The fourth-order valence-electron chi connectivity index (χ4n) is 1.08. The molecule has 2 unspecified atom stereocenters. The molecule has 0 spiro atoms. The van der Waals surface area contributed by atoms with E-state index in [9.17, 15) is 5.11 Å². The minimum atomic E-state index is -1.46. The van der Waals surface area contributed by atoms with Gasteiger partial charge in [-0.1, -0.05) is 0 Å². The quantitative estimate of drug-likeness (QED) is 0.305. The molecule has 0 aromatic rings. The third-order valence-electron chi connectivity index (χ3n) is 1.87. The van der Waals surface area contributed by atoms with Gasteiger partial charge in [-0.25, -0.2) is 0 Å². The van der Waals surface area contributed by atoms with Crippen LogP contribution in [0.4, 0.5) is 0 Å². The second-order valence-electron chi connectivity index (χ2n) is 2.72. The van der Waals surface area contributed by atoms with Gasteiger partial charge in [0.25, 0.3) is 0 Å². The monoisotopic (exact) mass is 196 g/mol. The molecular formula is C6H12O5S. The molecule has 5 atom stereocenters. The highest BCUT2D eigenvalue weighted by atomic mass is 32.1. The van der Waals surface area contributed by atoms with Crippen LogP contribution in [0.25, 0.3) is 0 Å². The maximum atomic E-state index is 9.23. The molecule has 72 valence electrons. The Kier molecular flexibility index (Phi) is 3.33. The average Bonchev–Trinajstić information content (AvgIpc) is 2.08. The zero-order chi connectivity index (χ0) is 9.30. The molecule has 6 heteroatoms. The highest BCUT2D eigenvalue weighted by Gasteiger charge is 2.42. The molecular weight excluding hydrogens is 184 g/mol. The fourth-order valence-corrected chi connectivity index (χ4v) is 1.38. The van der Waals surface area contributed by atoms with Crippen LogP contribution in [0, 0.1) is 0 Å². The van der Waals surface area contributed by atoms with Gasteiger partial charge in [-0.2, -0.15) is 12.6 Å². The molecule has 1 fully saturated rings. The van der Waals surface area contributed by atoms with Crippen LogP contribution in [0.2, 0.25) is 0 Å². The van der Waals surface area contributed by atoms with E-state index in [1.54, 1.807) is 0 Å². The Morgan fingerprint density at radius 1 is 1.00 bits per heavy atom. The van der Waals surface area contributed by atoms with Crippen molar-refractivity contribution in [2.75, 3.05) is 5.75 Å². The van der Waals surface area contributed by atoms with E-state index in [2.05, 4.69) is 12.6 Å². The maximum absolute atomic E-state index is 9.23. The Bertz CT molecular complexity index is 150. The summed E-state index contributed by atoms with van der Waals surface area (Å²) in [5.41, 5.74) is 0. The van der Waals surface area contributed by atoms with Crippen molar-refractivity contribution < 1.29 is 25.2 Å². The van der Waals surface area contributed by atoms with Gasteiger partial charge in [0.1, 0.15) is 18.3 Å². The summed E-state index contributed by atoms with van der Waals surface area (Å²) in [6.07, 6.45) is -6.26. The Morgan fingerprint density at radius 2 is 1.58 bits per heavy atom. The number of aliphatic hydroxyl groups excluding tert-OH is 4. The van der Waals surface area contributed by atoms with Gasteiger partial charge in [0, 0.05) is 5.75 Å². The first-order valence-electron chi connectivity index (χ1n) is 3.56. The van der Waals surface area contributed by atoms with Gasteiger partial charge in [-0.15, -0.1) is 0 Å². The van der Waals surface area contributed by atoms with Crippen LogP contribution in [0.3, 0.4) is 0 Å². The van der Waals surface area contributed by atoms with Crippen molar-refractivity contribution in [1.82, 2.24) is 0 Å². The number of hydrogen-bond donors (Lipinski definition) is 5. The van der Waals surface area contributed by atoms with Crippen molar-refractivity contribution in [3.8, 4) is 0 Å². The van der Waals surface area contributed by atoms with Crippen molar-refractivity contribution in [2.45, 2.75) is 30.7 Å². The summed E-state index contributed by atoms with van der Waals surface area (Å²) in [5, 5.41) is 36.4. The molecule has 1 heterocycles. The molecule has 0 amide bonds. The lowest BCUT2D eigenvalue weighted by Gasteiger charge is -2.37. The van der Waals surface area contributed by atoms with Gasteiger partial charge in [0.2, 0.25) is 0 Å². The van der Waals surface area contributed by atoms with E-state index < -0.39 is 30.7 Å². The predicted octanol–water partition coefficient (Wildman–Crippen LogP) is -2.28. The standard InChI is InChI=1S/C6H12O5S/c7-3-2(1-12)11-6(10)5(9)4(3)8/h2-10,12H,1H2/t2?,3-,4+,5?,6+/m1/s1. The van der Waals surface area contributed by atoms with Crippen LogP contribution in [-0.4, -0.2) is 56.9 Å². The molecule has 4 N–H and O–H groups in total. The lowest BCUT2D eigenvalue weighted by atomic mass is 10.0. The summed E-state index contributed by atoms with van der Waals surface area (Å²) in [6, 6.07) is 0. The van der Waals surface area contributed by atoms with E-state index in [-0.39, 0.29) is 5.75 Å². The van der Waals surface area contributed by atoms with E-state index in [1.807, 2.05) is 0 Å².